The highest BCUT2D eigenvalue weighted by Gasteiger charge is 2.34. The van der Waals surface area contributed by atoms with Crippen molar-refractivity contribution in [3.63, 3.8) is 0 Å². The maximum absolute atomic E-state index is 11.1. The van der Waals surface area contributed by atoms with Crippen LogP contribution in [-0.4, -0.2) is 34.0 Å². The van der Waals surface area contributed by atoms with E-state index in [1.807, 2.05) is 30.3 Å². The Kier molecular flexibility index (Phi) is 2.59. The lowest BCUT2D eigenvalue weighted by Crippen LogP contribution is -2.47. The second kappa shape index (κ2) is 4.25. The van der Waals surface area contributed by atoms with E-state index in [9.17, 15) is 4.79 Å². The van der Waals surface area contributed by atoms with Gasteiger partial charge in [0.2, 0.25) is 17.6 Å². The van der Waals surface area contributed by atoms with Crippen LogP contribution in [-0.2, 0) is 4.79 Å². The first kappa shape index (κ1) is 11.0. The Morgan fingerprint density at radius 1 is 1.33 bits per heavy atom. The van der Waals surface area contributed by atoms with E-state index in [-0.39, 0.29) is 11.8 Å². The molecular weight excluding hydrogens is 230 g/mol. The number of hydrogen-bond acceptors (Lipinski definition) is 4. The summed E-state index contributed by atoms with van der Waals surface area (Å²) >= 11 is 0. The fourth-order valence-corrected chi connectivity index (χ4v) is 2.00. The lowest BCUT2D eigenvalue weighted by Gasteiger charge is -2.36. The maximum atomic E-state index is 11.1. The van der Waals surface area contributed by atoms with Gasteiger partial charge in [-0.3, -0.25) is 4.79 Å². The van der Waals surface area contributed by atoms with Crippen molar-refractivity contribution in [2.24, 2.45) is 0 Å². The van der Waals surface area contributed by atoms with E-state index < -0.39 is 0 Å². The van der Waals surface area contributed by atoms with Gasteiger partial charge in [-0.25, -0.2) is 0 Å². The second-order valence-electron chi connectivity index (χ2n) is 4.44. The number of rotatable bonds is 2. The van der Waals surface area contributed by atoms with Crippen molar-refractivity contribution in [3.05, 3.63) is 36.2 Å². The molecule has 1 fully saturated rings. The van der Waals surface area contributed by atoms with Crippen LogP contribution in [0.4, 0.5) is 0 Å². The van der Waals surface area contributed by atoms with Crippen molar-refractivity contribution in [2.45, 2.75) is 12.8 Å². The van der Waals surface area contributed by atoms with E-state index in [1.54, 1.807) is 11.8 Å². The van der Waals surface area contributed by atoms with E-state index in [1.165, 1.54) is 0 Å². The fraction of sp³-hybridized carbons (Fsp3) is 0.308. The Hall–Kier alpha value is -2.17. The molecule has 5 heteroatoms. The van der Waals surface area contributed by atoms with Gasteiger partial charge in [0.05, 0.1) is 5.92 Å². The molecule has 92 valence electrons. The number of likely N-dealkylation sites (tertiary alicyclic amines) is 1. The maximum Gasteiger partial charge on any atom is 0.233 e. The molecule has 0 saturated carbocycles. The Labute approximate surface area is 104 Å². The molecule has 1 aromatic carbocycles. The van der Waals surface area contributed by atoms with Crippen molar-refractivity contribution < 1.29 is 9.32 Å². The smallest absolute Gasteiger partial charge is 0.233 e. The number of nitrogens with zero attached hydrogens (tertiary/aromatic N) is 3. The highest BCUT2D eigenvalue weighted by molar-refractivity contribution is 5.74. The van der Waals surface area contributed by atoms with Gasteiger partial charge >= 0.3 is 0 Å². The molecule has 5 nitrogen and oxygen atoms in total. The van der Waals surface area contributed by atoms with Gasteiger partial charge in [-0.05, 0) is 0 Å². The van der Waals surface area contributed by atoms with Crippen molar-refractivity contribution >= 4 is 5.91 Å². The largest absolute Gasteiger partial charge is 0.341 e. The molecule has 0 bridgehead atoms. The summed E-state index contributed by atoms with van der Waals surface area (Å²) in [5.74, 6) is 1.49. The number of amides is 1. The molecule has 1 saturated heterocycles. The predicted molar refractivity (Wildman–Crippen MR) is 64.7 cm³/mol. The highest BCUT2D eigenvalue weighted by Crippen LogP contribution is 2.27. The zero-order chi connectivity index (χ0) is 12.5. The molecule has 0 N–H and O–H groups in total. The van der Waals surface area contributed by atoms with Gasteiger partial charge < -0.3 is 9.42 Å². The van der Waals surface area contributed by atoms with Crippen molar-refractivity contribution in [1.29, 1.82) is 0 Å². The fourth-order valence-electron chi connectivity index (χ4n) is 2.00. The van der Waals surface area contributed by atoms with E-state index in [0.29, 0.717) is 24.8 Å². The minimum atomic E-state index is 0.0917. The first-order valence-electron chi connectivity index (χ1n) is 5.88. The summed E-state index contributed by atoms with van der Waals surface area (Å²) in [6.45, 7) is 2.91. The Bertz CT molecular complexity index is 559. The van der Waals surface area contributed by atoms with E-state index in [4.69, 9.17) is 4.52 Å². The van der Waals surface area contributed by atoms with Crippen LogP contribution in [0.2, 0.25) is 0 Å². The minimum absolute atomic E-state index is 0.0917. The third-order valence-corrected chi connectivity index (χ3v) is 3.15. The summed E-state index contributed by atoms with van der Waals surface area (Å²) in [5, 5.41) is 3.97. The molecule has 1 amide bonds. The summed E-state index contributed by atoms with van der Waals surface area (Å²) in [6, 6.07) is 9.70. The van der Waals surface area contributed by atoms with Gasteiger partial charge in [-0.15, -0.1) is 0 Å². The number of benzene rings is 1. The van der Waals surface area contributed by atoms with Crippen LogP contribution in [0, 0.1) is 0 Å². The molecule has 0 aliphatic carbocycles. The number of carbonyl (C=O) groups excluding carboxylic acids is 1. The molecule has 1 aliphatic rings. The number of hydrogen-bond donors (Lipinski definition) is 0. The van der Waals surface area contributed by atoms with Crippen LogP contribution < -0.4 is 0 Å². The molecule has 0 spiro atoms. The third-order valence-electron chi connectivity index (χ3n) is 3.15. The zero-order valence-corrected chi connectivity index (χ0v) is 10.0. The summed E-state index contributed by atoms with van der Waals surface area (Å²) in [7, 11) is 0. The quantitative estimate of drug-likeness (QED) is 0.805. The Morgan fingerprint density at radius 3 is 2.72 bits per heavy atom. The molecular formula is C13H13N3O2. The van der Waals surface area contributed by atoms with E-state index in [2.05, 4.69) is 10.1 Å². The monoisotopic (exact) mass is 243 g/mol. The summed E-state index contributed by atoms with van der Waals surface area (Å²) in [6.07, 6.45) is 0. The van der Waals surface area contributed by atoms with Crippen LogP contribution in [0.3, 0.4) is 0 Å². The summed E-state index contributed by atoms with van der Waals surface area (Å²) in [4.78, 5) is 17.2. The topological polar surface area (TPSA) is 59.2 Å². The summed E-state index contributed by atoms with van der Waals surface area (Å²) in [5.41, 5.74) is 0.940. The molecule has 0 radical (unpaired) electrons. The predicted octanol–water partition coefficient (Wildman–Crippen LogP) is 1.68. The lowest BCUT2D eigenvalue weighted by atomic mass is 10.0. The first-order valence-corrected chi connectivity index (χ1v) is 5.88. The molecule has 2 aromatic rings. The van der Waals surface area contributed by atoms with Crippen LogP contribution in [0.5, 0.6) is 0 Å². The first-order chi connectivity index (χ1) is 8.74. The minimum Gasteiger partial charge on any atom is -0.341 e. The summed E-state index contributed by atoms with van der Waals surface area (Å²) < 4.78 is 5.25. The van der Waals surface area contributed by atoms with Gasteiger partial charge in [-0.1, -0.05) is 35.5 Å². The Morgan fingerprint density at radius 2 is 2.06 bits per heavy atom. The Balaban J connectivity index is 1.74. The molecule has 2 heterocycles. The van der Waals surface area contributed by atoms with Gasteiger partial charge in [0, 0.05) is 25.6 Å². The third kappa shape index (κ3) is 1.88. The normalized spacial score (nSPS) is 15.5. The van der Waals surface area contributed by atoms with Crippen molar-refractivity contribution in [3.8, 4) is 11.4 Å². The number of aromatic nitrogens is 2. The number of carbonyl (C=O) groups is 1. The van der Waals surface area contributed by atoms with Gasteiger partial charge in [0.15, 0.2) is 0 Å². The highest BCUT2D eigenvalue weighted by atomic mass is 16.5. The average Bonchev–Trinajstić information content (AvgIpc) is 2.77. The standard InChI is InChI=1S/C13H13N3O2/c1-9(17)16-7-11(8-16)13-14-12(15-18-13)10-5-3-2-4-6-10/h2-6,11H,7-8H2,1H3. The molecule has 0 unspecified atom stereocenters. The van der Waals surface area contributed by atoms with E-state index in [0.717, 1.165) is 5.56 Å². The van der Waals surface area contributed by atoms with Crippen LogP contribution in [0.15, 0.2) is 34.9 Å². The van der Waals surface area contributed by atoms with Gasteiger partial charge in [0.25, 0.3) is 0 Å². The van der Waals surface area contributed by atoms with Crippen LogP contribution in [0.1, 0.15) is 18.7 Å². The zero-order valence-electron chi connectivity index (χ0n) is 10.0. The van der Waals surface area contributed by atoms with Crippen molar-refractivity contribution in [1.82, 2.24) is 15.0 Å². The molecule has 1 aliphatic heterocycles. The SMILES string of the molecule is CC(=O)N1CC(c2nc(-c3ccccc3)no2)C1. The molecule has 0 atom stereocenters. The second-order valence-corrected chi connectivity index (χ2v) is 4.44. The average molecular weight is 243 g/mol. The molecule has 1 aromatic heterocycles. The van der Waals surface area contributed by atoms with Crippen LogP contribution >= 0.6 is 0 Å². The van der Waals surface area contributed by atoms with E-state index >= 15 is 0 Å². The van der Waals surface area contributed by atoms with Crippen LogP contribution in [0.25, 0.3) is 11.4 Å². The van der Waals surface area contributed by atoms with Gasteiger partial charge in [-0.2, -0.15) is 4.98 Å². The van der Waals surface area contributed by atoms with Crippen molar-refractivity contribution in [2.75, 3.05) is 13.1 Å². The molecule has 18 heavy (non-hydrogen) atoms. The van der Waals surface area contributed by atoms with Gasteiger partial charge in [0.1, 0.15) is 0 Å². The lowest BCUT2D eigenvalue weighted by molar-refractivity contribution is -0.133. The molecule has 3 rings (SSSR count).